The van der Waals surface area contributed by atoms with Gasteiger partial charge in [0.2, 0.25) is 0 Å². The third-order valence-electron chi connectivity index (χ3n) is 3.13. The summed E-state index contributed by atoms with van der Waals surface area (Å²) in [5, 5.41) is 1.78. The van der Waals surface area contributed by atoms with Crippen LogP contribution in [0.5, 0.6) is 0 Å². The van der Waals surface area contributed by atoms with Crippen molar-refractivity contribution in [3.63, 3.8) is 0 Å². The maximum atomic E-state index is 5.98. The van der Waals surface area contributed by atoms with Gasteiger partial charge >= 0.3 is 0 Å². The van der Waals surface area contributed by atoms with Crippen LogP contribution in [-0.4, -0.2) is 39.4 Å². The molecular weight excluding hydrogens is 287 g/mol. The summed E-state index contributed by atoms with van der Waals surface area (Å²) in [6.07, 6.45) is 3.00. The number of H-pyrrole nitrogens is 1. The number of aromatic nitrogens is 1. The van der Waals surface area contributed by atoms with Crippen molar-refractivity contribution in [2.75, 3.05) is 44.4 Å². The van der Waals surface area contributed by atoms with Gasteiger partial charge in [0.1, 0.15) is 19.6 Å². The van der Waals surface area contributed by atoms with E-state index < -0.39 is 0 Å². The third-order valence-corrected chi connectivity index (χ3v) is 3.13. The van der Waals surface area contributed by atoms with Gasteiger partial charge in [0.05, 0.1) is 26.0 Å². The molecule has 0 atom stereocenters. The van der Waals surface area contributed by atoms with Crippen LogP contribution in [0.2, 0.25) is 0 Å². The van der Waals surface area contributed by atoms with Crippen LogP contribution in [0.1, 0.15) is 6.42 Å². The van der Waals surface area contributed by atoms with Gasteiger partial charge in [-0.1, -0.05) is 6.07 Å². The van der Waals surface area contributed by atoms with Gasteiger partial charge in [-0.05, 0) is 6.07 Å². The first-order chi connectivity index (χ1) is 8.36. The second-order valence-electron chi connectivity index (χ2n) is 4.41. The molecule has 0 radical (unpaired) electrons. The molecule has 5 nitrogen and oxygen atoms in total. The van der Waals surface area contributed by atoms with Crippen molar-refractivity contribution in [2.45, 2.75) is 6.42 Å². The number of quaternary nitrogens is 1. The molecule has 0 aliphatic carbocycles. The van der Waals surface area contributed by atoms with Gasteiger partial charge in [0, 0.05) is 12.5 Å². The number of hydrogen-bond donors (Lipinski definition) is 2. The smallest absolute Gasteiger partial charge is 0.292 e. The Kier molecular flexibility index (Phi) is 9.91. The van der Waals surface area contributed by atoms with Crippen LogP contribution >= 0.6 is 0 Å². The van der Waals surface area contributed by atoms with E-state index in [1.807, 2.05) is 24.4 Å². The number of nitrogens with one attached hydrogen (secondary N) is 2. The number of rotatable bonds is 5. The standard InChI is InChI=1S/C12H20N4O.2ClH/c13-16(12-4-1-2-5-14-12)7-3-6-15-8-10-17-11-9-15;;/h1-2,4-5H,3,6-11,13H2;2*1H. The Hall–Kier alpha value is -0.590. The lowest BCUT2D eigenvalue weighted by molar-refractivity contribution is -0.908. The molecule has 1 saturated heterocycles. The predicted molar refractivity (Wildman–Crippen MR) is 65.5 cm³/mol. The maximum absolute atomic E-state index is 5.98. The van der Waals surface area contributed by atoms with Crippen molar-refractivity contribution in [2.24, 2.45) is 5.84 Å². The minimum absolute atomic E-state index is 0. The molecule has 0 aromatic carbocycles. The highest BCUT2D eigenvalue weighted by atomic mass is 35.5. The van der Waals surface area contributed by atoms with Gasteiger partial charge in [-0.3, -0.25) is 0 Å². The number of anilines is 1. The highest BCUT2D eigenvalue weighted by Crippen LogP contribution is 1.99. The zero-order chi connectivity index (χ0) is 11.9. The number of hydrogen-bond acceptors (Lipinski definition) is 3. The zero-order valence-corrected chi connectivity index (χ0v) is 12.5. The average molecular weight is 309 g/mol. The van der Waals surface area contributed by atoms with E-state index in [0.29, 0.717) is 0 Å². The van der Waals surface area contributed by atoms with E-state index in [1.54, 1.807) is 9.91 Å². The fraction of sp³-hybridized carbons (Fsp3) is 0.583. The molecule has 7 heteroatoms. The number of hydrazine groups is 1. The fourth-order valence-corrected chi connectivity index (χ4v) is 2.09. The first-order valence-electron chi connectivity index (χ1n) is 6.26. The van der Waals surface area contributed by atoms with Gasteiger partial charge < -0.3 is 34.5 Å². The van der Waals surface area contributed by atoms with E-state index in [-0.39, 0.29) is 24.8 Å². The van der Waals surface area contributed by atoms with E-state index in [9.17, 15) is 0 Å². The van der Waals surface area contributed by atoms with Crippen LogP contribution in [0.4, 0.5) is 5.82 Å². The normalized spacial score (nSPS) is 15.2. The molecule has 19 heavy (non-hydrogen) atoms. The van der Waals surface area contributed by atoms with E-state index in [0.717, 1.165) is 45.1 Å². The molecule has 0 saturated carbocycles. The summed E-state index contributed by atoms with van der Waals surface area (Å²) >= 11 is 0. The van der Waals surface area contributed by atoms with Gasteiger partial charge in [-0.15, -0.1) is 0 Å². The number of nitrogens with zero attached hydrogens (tertiary/aromatic N) is 1. The van der Waals surface area contributed by atoms with Crippen LogP contribution in [0.3, 0.4) is 0 Å². The van der Waals surface area contributed by atoms with E-state index in [1.165, 1.54) is 6.54 Å². The number of aromatic amines is 1. The van der Waals surface area contributed by atoms with E-state index in [2.05, 4.69) is 4.98 Å². The van der Waals surface area contributed by atoms with E-state index in [4.69, 9.17) is 10.6 Å². The number of nitrogens with two attached hydrogens (primary N) is 1. The summed E-state index contributed by atoms with van der Waals surface area (Å²) in [6, 6.07) is 5.93. The molecular formula is C12H22Cl2N4O. The third kappa shape index (κ3) is 6.40. The molecule has 0 amide bonds. The minimum atomic E-state index is 0. The highest BCUT2D eigenvalue weighted by Gasteiger charge is 2.15. The number of pyridine rings is 1. The fourth-order valence-electron chi connectivity index (χ4n) is 2.09. The van der Waals surface area contributed by atoms with Gasteiger partial charge in [-0.25, -0.2) is 4.98 Å². The summed E-state index contributed by atoms with van der Waals surface area (Å²) < 4.78 is 5.34. The molecule has 1 aromatic rings. The minimum Gasteiger partial charge on any atom is -1.00 e. The number of morpholine rings is 1. The lowest BCUT2D eigenvalue weighted by atomic mass is 10.3. The highest BCUT2D eigenvalue weighted by molar-refractivity contribution is 5.28. The average Bonchev–Trinajstić information content (AvgIpc) is 2.41. The first-order valence-corrected chi connectivity index (χ1v) is 6.26. The molecule has 1 fully saturated rings. The molecule has 2 heterocycles. The monoisotopic (exact) mass is 308 g/mol. The molecule has 1 aliphatic rings. The van der Waals surface area contributed by atoms with Crippen molar-refractivity contribution in [1.82, 2.24) is 0 Å². The lowest BCUT2D eigenvalue weighted by Gasteiger charge is -2.23. The summed E-state index contributed by atoms with van der Waals surface area (Å²) in [4.78, 5) is 4.76. The Balaban J connectivity index is 0.00000162. The largest absolute Gasteiger partial charge is 1.00 e. The maximum Gasteiger partial charge on any atom is 0.292 e. The molecule has 1 aromatic heterocycles. The van der Waals surface area contributed by atoms with Crippen LogP contribution in [-0.2, 0) is 4.74 Å². The first kappa shape index (κ1) is 18.4. The molecule has 4 N–H and O–H groups in total. The molecule has 0 bridgehead atoms. The van der Waals surface area contributed by atoms with Gasteiger partial charge in [0.25, 0.3) is 5.82 Å². The van der Waals surface area contributed by atoms with Crippen molar-refractivity contribution >= 4 is 5.82 Å². The Morgan fingerprint density at radius 1 is 1.26 bits per heavy atom. The number of halogens is 2. The molecule has 2 rings (SSSR count). The summed E-state index contributed by atoms with van der Waals surface area (Å²) in [5.41, 5.74) is 0. The lowest BCUT2D eigenvalue weighted by Crippen LogP contribution is -3.14. The van der Waals surface area contributed by atoms with Crippen LogP contribution < -0.4 is 45.5 Å². The molecule has 110 valence electrons. The Morgan fingerprint density at radius 2 is 2.00 bits per heavy atom. The van der Waals surface area contributed by atoms with Crippen LogP contribution in [0, 0.1) is 0 Å². The quantitative estimate of drug-likeness (QED) is 0.420. The summed E-state index contributed by atoms with van der Waals surface area (Å²) in [6.45, 7) is 6.10. The van der Waals surface area contributed by atoms with Gasteiger partial charge in [-0.2, -0.15) is 10.9 Å². The Morgan fingerprint density at radius 3 is 2.63 bits per heavy atom. The van der Waals surface area contributed by atoms with Gasteiger partial charge in [0.15, 0.2) is 0 Å². The Labute approximate surface area is 126 Å². The van der Waals surface area contributed by atoms with Crippen LogP contribution in [0.15, 0.2) is 24.4 Å². The Bertz CT molecular complexity index is 323. The molecule has 0 spiro atoms. The topological polar surface area (TPSA) is 57.1 Å². The van der Waals surface area contributed by atoms with Crippen molar-refractivity contribution in [3.05, 3.63) is 24.4 Å². The number of ether oxygens (including phenoxy) is 1. The molecule has 0 unspecified atom stereocenters. The second-order valence-corrected chi connectivity index (χ2v) is 4.41. The second kappa shape index (κ2) is 10.2. The predicted octanol–water partition coefficient (Wildman–Crippen LogP) is -7.51. The van der Waals surface area contributed by atoms with Crippen molar-refractivity contribution in [3.8, 4) is 0 Å². The summed E-state index contributed by atoms with van der Waals surface area (Å²) in [7, 11) is 0. The van der Waals surface area contributed by atoms with Crippen molar-refractivity contribution in [1.29, 1.82) is 0 Å². The SMILES string of the molecule is NN(CCC[NH+]1CCOCC1)c1cccc[nH+]1.[Cl-].[Cl-]. The zero-order valence-electron chi connectivity index (χ0n) is 10.9. The van der Waals surface area contributed by atoms with Crippen molar-refractivity contribution < 1.29 is 39.4 Å². The van der Waals surface area contributed by atoms with E-state index >= 15 is 0 Å². The summed E-state index contributed by atoms with van der Waals surface area (Å²) in [5.74, 6) is 6.94. The molecule has 1 aliphatic heterocycles. The van der Waals surface area contributed by atoms with Crippen LogP contribution in [0.25, 0.3) is 0 Å².